The number of anilines is 2. The molecular formula is C19H21FIN3O3. The maximum Gasteiger partial charge on any atom is 0.257 e. The number of aromatic nitrogens is 1. The fourth-order valence-corrected chi connectivity index (χ4v) is 3.87. The highest BCUT2D eigenvalue weighted by Crippen LogP contribution is 2.30. The van der Waals surface area contributed by atoms with E-state index in [9.17, 15) is 19.1 Å². The van der Waals surface area contributed by atoms with Gasteiger partial charge in [0.05, 0.1) is 29.6 Å². The fourth-order valence-electron chi connectivity index (χ4n) is 3.42. The molecule has 8 heteroatoms. The van der Waals surface area contributed by atoms with Gasteiger partial charge in [-0.15, -0.1) is 0 Å². The summed E-state index contributed by atoms with van der Waals surface area (Å²) in [5.41, 5.74) is 0.869. The molecule has 144 valence electrons. The van der Waals surface area contributed by atoms with Crippen molar-refractivity contribution in [3.63, 3.8) is 0 Å². The monoisotopic (exact) mass is 485 g/mol. The van der Waals surface area contributed by atoms with Crippen molar-refractivity contribution < 1.29 is 19.1 Å². The highest BCUT2D eigenvalue weighted by Gasteiger charge is 2.32. The van der Waals surface area contributed by atoms with Crippen LogP contribution in [-0.2, 0) is 7.05 Å². The third-order valence-electron chi connectivity index (χ3n) is 4.86. The SMILES string of the molecule is CC(=O)c1cc(C(=O)N2CCC[C@H]2CO)c(Nc2ccc(I)cc2F)n1C. The van der Waals surface area contributed by atoms with Crippen molar-refractivity contribution >= 4 is 45.8 Å². The van der Waals surface area contributed by atoms with Gasteiger partial charge in [-0.2, -0.15) is 0 Å². The van der Waals surface area contributed by atoms with E-state index in [2.05, 4.69) is 5.32 Å². The van der Waals surface area contributed by atoms with E-state index in [4.69, 9.17) is 0 Å². The third-order valence-corrected chi connectivity index (χ3v) is 5.53. The summed E-state index contributed by atoms with van der Waals surface area (Å²) in [6.07, 6.45) is 1.56. The second kappa shape index (κ2) is 7.97. The number of carbonyl (C=O) groups is 2. The molecule has 1 fully saturated rings. The van der Waals surface area contributed by atoms with E-state index in [1.54, 1.807) is 28.6 Å². The number of rotatable bonds is 5. The maximum absolute atomic E-state index is 14.3. The highest BCUT2D eigenvalue weighted by atomic mass is 127. The predicted molar refractivity (Wildman–Crippen MR) is 109 cm³/mol. The first-order chi connectivity index (χ1) is 12.8. The van der Waals surface area contributed by atoms with Crippen LogP contribution in [0.4, 0.5) is 15.9 Å². The molecule has 0 radical (unpaired) electrons. The van der Waals surface area contributed by atoms with Crippen LogP contribution < -0.4 is 5.32 Å². The van der Waals surface area contributed by atoms with E-state index in [-0.39, 0.29) is 30.0 Å². The molecule has 0 bridgehead atoms. The second-order valence-electron chi connectivity index (χ2n) is 6.63. The van der Waals surface area contributed by atoms with E-state index in [1.165, 1.54) is 19.1 Å². The smallest absolute Gasteiger partial charge is 0.257 e. The number of aliphatic hydroxyl groups excluding tert-OH is 1. The first-order valence-corrected chi connectivity index (χ1v) is 9.76. The topological polar surface area (TPSA) is 74.6 Å². The van der Waals surface area contributed by atoms with Gasteiger partial charge in [0, 0.05) is 24.1 Å². The van der Waals surface area contributed by atoms with Gasteiger partial charge in [-0.1, -0.05) is 0 Å². The Kier molecular flexibility index (Phi) is 5.85. The zero-order chi connectivity index (χ0) is 19.7. The van der Waals surface area contributed by atoms with Gasteiger partial charge in [0.1, 0.15) is 11.6 Å². The molecule has 0 saturated carbocycles. The van der Waals surface area contributed by atoms with Crippen LogP contribution in [0.1, 0.15) is 40.6 Å². The number of nitrogens with one attached hydrogen (secondary N) is 1. The Labute approximate surface area is 170 Å². The summed E-state index contributed by atoms with van der Waals surface area (Å²) in [4.78, 5) is 26.7. The summed E-state index contributed by atoms with van der Waals surface area (Å²) in [5.74, 6) is -0.555. The fraction of sp³-hybridized carbons (Fsp3) is 0.368. The Morgan fingerprint density at radius 1 is 1.37 bits per heavy atom. The van der Waals surface area contributed by atoms with Gasteiger partial charge in [-0.05, 0) is 59.7 Å². The quantitative estimate of drug-likeness (QED) is 0.504. The zero-order valence-electron chi connectivity index (χ0n) is 15.1. The first kappa shape index (κ1) is 19.8. The molecule has 6 nitrogen and oxygen atoms in total. The van der Waals surface area contributed by atoms with Crippen LogP contribution >= 0.6 is 22.6 Å². The molecule has 2 N–H and O–H groups in total. The molecule has 1 aromatic carbocycles. The van der Waals surface area contributed by atoms with Crippen molar-refractivity contribution in [2.45, 2.75) is 25.8 Å². The number of likely N-dealkylation sites (tertiary alicyclic amines) is 1. The minimum atomic E-state index is -0.444. The van der Waals surface area contributed by atoms with Gasteiger partial charge >= 0.3 is 0 Å². The molecule has 27 heavy (non-hydrogen) atoms. The molecule has 0 spiro atoms. The van der Waals surface area contributed by atoms with E-state index < -0.39 is 5.82 Å². The Balaban J connectivity index is 2.04. The lowest BCUT2D eigenvalue weighted by Gasteiger charge is -2.23. The van der Waals surface area contributed by atoms with Crippen molar-refractivity contribution in [3.05, 3.63) is 44.9 Å². The molecule has 1 atom stereocenters. The third kappa shape index (κ3) is 3.86. The van der Waals surface area contributed by atoms with E-state index in [0.29, 0.717) is 23.6 Å². The molecule has 1 saturated heterocycles. The number of amides is 1. The molecular weight excluding hydrogens is 464 g/mol. The van der Waals surface area contributed by atoms with Gasteiger partial charge in [-0.25, -0.2) is 4.39 Å². The number of aliphatic hydroxyl groups is 1. The number of halogens is 2. The van der Waals surface area contributed by atoms with Crippen LogP contribution in [0.15, 0.2) is 24.3 Å². The van der Waals surface area contributed by atoms with Crippen LogP contribution in [0.2, 0.25) is 0 Å². The molecule has 2 heterocycles. The van der Waals surface area contributed by atoms with Crippen molar-refractivity contribution in [2.75, 3.05) is 18.5 Å². The van der Waals surface area contributed by atoms with Crippen LogP contribution in [0.5, 0.6) is 0 Å². The predicted octanol–water partition coefficient (Wildman–Crippen LogP) is 3.31. The summed E-state index contributed by atoms with van der Waals surface area (Å²) in [6, 6.07) is 6.04. The number of hydrogen-bond donors (Lipinski definition) is 2. The normalized spacial score (nSPS) is 16.6. The van der Waals surface area contributed by atoms with Gasteiger partial charge in [0.15, 0.2) is 5.78 Å². The summed E-state index contributed by atoms with van der Waals surface area (Å²) < 4.78 is 16.6. The molecule has 1 aromatic heterocycles. The number of carbonyl (C=O) groups excluding carboxylic acids is 2. The van der Waals surface area contributed by atoms with Crippen molar-refractivity contribution in [1.82, 2.24) is 9.47 Å². The highest BCUT2D eigenvalue weighted by molar-refractivity contribution is 14.1. The Bertz CT molecular complexity index is 897. The largest absolute Gasteiger partial charge is 0.394 e. The number of ketones is 1. The Hall–Kier alpha value is -1.94. The van der Waals surface area contributed by atoms with Crippen molar-refractivity contribution in [2.24, 2.45) is 7.05 Å². The number of hydrogen-bond acceptors (Lipinski definition) is 4. The summed E-state index contributed by atoms with van der Waals surface area (Å²) in [5, 5.41) is 12.5. The minimum absolute atomic E-state index is 0.105. The number of nitrogens with zero attached hydrogens (tertiary/aromatic N) is 2. The Morgan fingerprint density at radius 3 is 2.74 bits per heavy atom. The van der Waals surface area contributed by atoms with Crippen molar-refractivity contribution in [3.8, 4) is 0 Å². The van der Waals surface area contributed by atoms with Crippen LogP contribution in [0.25, 0.3) is 0 Å². The molecule has 1 aliphatic heterocycles. The lowest BCUT2D eigenvalue weighted by molar-refractivity contribution is 0.0678. The van der Waals surface area contributed by atoms with E-state index in [1.807, 2.05) is 22.6 Å². The minimum Gasteiger partial charge on any atom is -0.394 e. The van der Waals surface area contributed by atoms with Gasteiger partial charge < -0.3 is 19.9 Å². The molecule has 1 amide bonds. The van der Waals surface area contributed by atoms with Crippen molar-refractivity contribution in [1.29, 1.82) is 0 Å². The van der Waals surface area contributed by atoms with Gasteiger partial charge in [0.2, 0.25) is 0 Å². The average Bonchev–Trinajstić information content (AvgIpc) is 3.22. The Morgan fingerprint density at radius 2 is 2.11 bits per heavy atom. The van der Waals surface area contributed by atoms with E-state index in [0.717, 1.165) is 16.4 Å². The van der Waals surface area contributed by atoms with Crippen LogP contribution in [0.3, 0.4) is 0 Å². The van der Waals surface area contributed by atoms with E-state index >= 15 is 0 Å². The molecule has 1 aliphatic rings. The second-order valence-corrected chi connectivity index (χ2v) is 7.88. The lowest BCUT2D eigenvalue weighted by atomic mass is 10.2. The number of Topliss-reactive ketones (excluding diaryl/α,β-unsaturated/α-hetero) is 1. The molecule has 2 aromatic rings. The first-order valence-electron chi connectivity index (χ1n) is 8.68. The molecule has 0 aliphatic carbocycles. The standard InChI is InChI=1S/C19H21FIN3O3/c1-11(26)17-9-14(19(27)24-7-3-4-13(24)10-25)18(23(17)2)22-16-6-5-12(21)8-15(16)20/h5-6,8-9,13,22,25H,3-4,7,10H2,1-2H3/t13-/m0/s1. The zero-order valence-corrected chi connectivity index (χ0v) is 17.3. The number of benzene rings is 1. The molecule has 0 unspecified atom stereocenters. The lowest BCUT2D eigenvalue weighted by Crippen LogP contribution is -2.37. The average molecular weight is 485 g/mol. The van der Waals surface area contributed by atoms with Gasteiger partial charge in [0.25, 0.3) is 5.91 Å². The molecule has 3 rings (SSSR count). The van der Waals surface area contributed by atoms with Crippen LogP contribution in [-0.4, -0.2) is 45.5 Å². The summed E-state index contributed by atoms with van der Waals surface area (Å²) >= 11 is 2.02. The summed E-state index contributed by atoms with van der Waals surface area (Å²) in [6.45, 7) is 1.86. The maximum atomic E-state index is 14.3. The van der Waals surface area contributed by atoms with Crippen LogP contribution in [0, 0.1) is 9.39 Å². The van der Waals surface area contributed by atoms with Gasteiger partial charge in [-0.3, -0.25) is 9.59 Å². The summed E-state index contributed by atoms with van der Waals surface area (Å²) in [7, 11) is 1.66.